The van der Waals surface area contributed by atoms with Gasteiger partial charge in [0.25, 0.3) is 0 Å². The first-order chi connectivity index (χ1) is 8.29. The normalized spacial score (nSPS) is 33.1. The molecule has 0 aromatic carbocycles. The van der Waals surface area contributed by atoms with Crippen LogP contribution < -0.4 is 5.32 Å². The molecule has 98 valence electrons. The van der Waals surface area contributed by atoms with Crippen LogP contribution in [0.3, 0.4) is 0 Å². The SMILES string of the molecule is COC1CNC(C(=O)CCCC2CCCO2)C1. The van der Waals surface area contributed by atoms with Crippen LogP contribution in [0.5, 0.6) is 0 Å². The largest absolute Gasteiger partial charge is 0.380 e. The molecule has 2 saturated heterocycles. The monoisotopic (exact) mass is 241 g/mol. The van der Waals surface area contributed by atoms with Crippen LogP contribution in [0.2, 0.25) is 0 Å². The molecule has 2 rings (SSSR count). The van der Waals surface area contributed by atoms with Crippen LogP contribution >= 0.6 is 0 Å². The van der Waals surface area contributed by atoms with Crippen molar-refractivity contribution in [1.29, 1.82) is 0 Å². The van der Waals surface area contributed by atoms with E-state index in [1.807, 2.05) is 0 Å². The molecule has 3 atom stereocenters. The van der Waals surface area contributed by atoms with E-state index in [4.69, 9.17) is 9.47 Å². The van der Waals surface area contributed by atoms with E-state index in [-0.39, 0.29) is 12.1 Å². The van der Waals surface area contributed by atoms with Crippen molar-refractivity contribution in [3.63, 3.8) is 0 Å². The summed E-state index contributed by atoms with van der Waals surface area (Å²) in [6, 6.07) is 0.0180. The maximum absolute atomic E-state index is 11.9. The van der Waals surface area contributed by atoms with Gasteiger partial charge in [0.05, 0.1) is 18.2 Å². The van der Waals surface area contributed by atoms with Crippen molar-refractivity contribution in [3.8, 4) is 0 Å². The Morgan fingerprint density at radius 2 is 2.41 bits per heavy atom. The van der Waals surface area contributed by atoms with Crippen molar-refractivity contribution in [2.45, 2.75) is 56.8 Å². The molecule has 2 heterocycles. The lowest BCUT2D eigenvalue weighted by Gasteiger charge is -2.11. The zero-order valence-corrected chi connectivity index (χ0v) is 10.6. The van der Waals surface area contributed by atoms with E-state index in [0.29, 0.717) is 18.3 Å². The van der Waals surface area contributed by atoms with Gasteiger partial charge in [0.1, 0.15) is 5.78 Å². The van der Waals surface area contributed by atoms with Crippen molar-refractivity contribution in [3.05, 3.63) is 0 Å². The van der Waals surface area contributed by atoms with E-state index in [0.717, 1.165) is 32.4 Å². The van der Waals surface area contributed by atoms with Crippen molar-refractivity contribution in [2.75, 3.05) is 20.3 Å². The van der Waals surface area contributed by atoms with Gasteiger partial charge in [-0.15, -0.1) is 0 Å². The number of carbonyl (C=O) groups is 1. The highest BCUT2D eigenvalue weighted by Gasteiger charge is 2.28. The third kappa shape index (κ3) is 3.76. The van der Waals surface area contributed by atoms with Crippen molar-refractivity contribution >= 4 is 5.78 Å². The second kappa shape index (κ2) is 6.47. The molecule has 0 amide bonds. The topological polar surface area (TPSA) is 47.6 Å². The van der Waals surface area contributed by atoms with Crippen LogP contribution in [0.4, 0.5) is 0 Å². The molecular formula is C13H23NO3. The Labute approximate surface area is 103 Å². The minimum absolute atomic E-state index is 0.0180. The van der Waals surface area contributed by atoms with Crippen LogP contribution in [0.1, 0.15) is 38.5 Å². The van der Waals surface area contributed by atoms with Crippen molar-refractivity contribution < 1.29 is 14.3 Å². The molecule has 0 spiro atoms. The van der Waals surface area contributed by atoms with Gasteiger partial charge in [0, 0.05) is 26.7 Å². The maximum atomic E-state index is 11.9. The molecular weight excluding hydrogens is 218 g/mol. The molecule has 0 bridgehead atoms. The summed E-state index contributed by atoms with van der Waals surface area (Å²) in [6.45, 7) is 1.71. The Balaban J connectivity index is 1.60. The van der Waals surface area contributed by atoms with Gasteiger partial charge in [-0.1, -0.05) is 0 Å². The Morgan fingerprint density at radius 3 is 3.06 bits per heavy atom. The standard InChI is InChI=1S/C13H23NO3/c1-16-11-8-12(14-9-11)13(15)6-2-4-10-5-3-7-17-10/h10-12,14H,2-9H2,1H3. The highest BCUT2D eigenvalue weighted by atomic mass is 16.5. The summed E-state index contributed by atoms with van der Waals surface area (Å²) in [4.78, 5) is 11.9. The van der Waals surface area contributed by atoms with Gasteiger partial charge in [-0.3, -0.25) is 4.79 Å². The molecule has 0 saturated carbocycles. The van der Waals surface area contributed by atoms with Crippen LogP contribution in [0, 0.1) is 0 Å². The average Bonchev–Trinajstić information content (AvgIpc) is 2.99. The number of rotatable bonds is 6. The Bertz CT molecular complexity index is 251. The quantitative estimate of drug-likeness (QED) is 0.761. The first-order valence-corrected chi connectivity index (χ1v) is 6.70. The first-order valence-electron chi connectivity index (χ1n) is 6.70. The van der Waals surface area contributed by atoms with Crippen LogP contribution in [-0.4, -0.2) is 44.3 Å². The lowest BCUT2D eigenvalue weighted by atomic mass is 10.0. The lowest BCUT2D eigenvalue weighted by molar-refractivity contribution is -0.121. The van der Waals surface area contributed by atoms with Gasteiger partial charge in [-0.05, 0) is 32.1 Å². The Morgan fingerprint density at radius 1 is 1.53 bits per heavy atom. The van der Waals surface area contributed by atoms with Gasteiger partial charge in [-0.25, -0.2) is 0 Å². The minimum Gasteiger partial charge on any atom is -0.380 e. The van der Waals surface area contributed by atoms with Gasteiger partial charge in [0.2, 0.25) is 0 Å². The molecule has 0 aromatic rings. The molecule has 17 heavy (non-hydrogen) atoms. The minimum atomic E-state index is 0.0180. The fourth-order valence-corrected chi connectivity index (χ4v) is 2.68. The van der Waals surface area contributed by atoms with E-state index in [1.165, 1.54) is 12.8 Å². The summed E-state index contributed by atoms with van der Waals surface area (Å²) < 4.78 is 10.8. The number of methoxy groups -OCH3 is 1. The molecule has 4 nitrogen and oxygen atoms in total. The van der Waals surface area contributed by atoms with Gasteiger partial charge >= 0.3 is 0 Å². The second-order valence-corrected chi connectivity index (χ2v) is 5.05. The molecule has 2 aliphatic rings. The number of carbonyl (C=O) groups excluding carboxylic acids is 1. The number of nitrogens with one attached hydrogen (secondary N) is 1. The average molecular weight is 241 g/mol. The number of ether oxygens (including phenoxy) is 2. The van der Waals surface area contributed by atoms with Crippen LogP contribution in [-0.2, 0) is 14.3 Å². The van der Waals surface area contributed by atoms with E-state index in [1.54, 1.807) is 7.11 Å². The summed E-state index contributed by atoms with van der Waals surface area (Å²) in [5, 5.41) is 3.23. The van der Waals surface area contributed by atoms with Crippen molar-refractivity contribution in [2.24, 2.45) is 0 Å². The molecule has 0 aromatic heterocycles. The van der Waals surface area contributed by atoms with Gasteiger partial charge in [0.15, 0.2) is 0 Å². The summed E-state index contributed by atoms with van der Waals surface area (Å²) in [7, 11) is 1.70. The van der Waals surface area contributed by atoms with Crippen LogP contribution in [0.15, 0.2) is 0 Å². The smallest absolute Gasteiger partial charge is 0.149 e. The molecule has 3 unspecified atom stereocenters. The van der Waals surface area contributed by atoms with E-state index in [9.17, 15) is 4.79 Å². The third-order valence-corrected chi connectivity index (χ3v) is 3.79. The van der Waals surface area contributed by atoms with Crippen molar-refractivity contribution in [1.82, 2.24) is 5.32 Å². The Kier molecular flexibility index (Phi) is 4.95. The number of Topliss-reactive ketones (excluding diaryl/α,β-unsaturated/α-hetero) is 1. The fraction of sp³-hybridized carbons (Fsp3) is 0.923. The number of hydrogen-bond donors (Lipinski definition) is 1. The lowest BCUT2D eigenvalue weighted by Crippen LogP contribution is -2.30. The summed E-state index contributed by atoms with van der Waals surface area (Å²) in [6.07, 6.45) is 6.46. The number of ketones is 1. The van der Waals surface area contributed by atoms with Crippen LogP contribution in [0.25, 0.3) is 0 Å². The zero-order chi connectivity index (χ0) is 12.1. The third-order valence-electron chi connectivity index (χ3n) is 3.79. The molecule has 1 N–H and O–H groups in total. The Hall–Kier alpha value is -0.450. The summed E-state index contributed by atoms with van der Waals surface area (Å²) in [5.74, 6) is 0.336. The molecule has 0 aliphatic carbocycles. The van der Waals surface area contributed by atoms with E-state index >= 15 is 0 Å². The molecule has 4 heteroatoms. The highest BCUT2D eigenvalue weighted by Crippen LogP contribution is 2.19. The highest BCUT2D eigenvalue weighted by molar-refractivity contribution is 5.84. The fourth-order valence-electron chi connectivity index (χ4n) is 2.68. The van der Waals surface area contributed by atoms with E-state index < -0.39 is 0 Å². The molecule has 2 fully saturated rings. The van der Waals surface area contributed by atoms with Gasteiger partial charge < -0.3 is 14.8 Å². The first kappa shape index (κ1) is 13.0. The second-order valence-electron chi connectivity index (χ2n) is 5.05. The summed E-state index contributed by atoms with van der Waals surface area (Å²) in [5.41, 5.74) is 0. The predicted molar refractivity (Wildman–Crippen MR) is 65.0 cm³/mol. The maximum Gasteiger partial charge on any atom is 0.149 e. The molecule has 0 radical (unpaired) electrons. The summed E-state index contributed by atoms with van der Waals surface area (Å²) >= 11 is 0. The molecule has 2 aliphatic heterocycles. The van der Waals surface area contributed by atoms with Gasteiger partial charge in [-0.2, -0.15) is 0 Å². The zero-order valence-electron chi connectivity index (χ0n) is 10.6. The predicted octanol–water partition coefficient (Wildman–Crippen LogP) is 1.28. The van der Waals surface area contributed by atoms with E-state index in [2.05, 4.69) is 5.32 Å². The number of hydrogen-bond acceptors (Lipinski definition) is 4.